The average Bonchev–Trinajstić information content (AvgIpc) is 3.17. The average molecular weight is 299 g/mol. The van der Waals surface area contributed by atoms with Gasteiger partial charge in [-0.3, -0.25) is 0 Å². The number of hydrogen-bond donors (Lipinski definition) is 0. The fourth-order valence-corrected chi connectivity index (χ4v) is 1.83. The first-order chi connectivity index (χ1) is 10.6. The minimum Gasteiger partial charge on any atom is -0.447 e. The van der Waals surface area contributed by atoms with Gasteiger partial charge in [-0.15, -0.1) is 10.2 Å². The molecule has 7 heteroatoms. The first-order valence-electron chi connectivity index (χ1n) is 6.66. The predicted molar refractivity (Wildman–Crippen MR) is 74.8 cm³/mol. The lowest BCUT2D eigenvalue weighted by molar-refractivity contribution is 0.0235. The molecule has 0 N–H and O–H groups in total. The largest absolute Gasteiger partial charge is 0.447 e. The lowest BCUT2D eigenvalue weighted by Crippen LogP contribution is -2.08. The number of rotatable bonds is 4. The normalized spacial score (nSPS) is 12.1. The Labute approximate surface area is 125 Å². The summed E-state index contributed by atoms with van der Waals surface area (Å²) in [7, 11) is 0. The van der Waals surface area contributed by atoms with Crippen molar-refractivity contribution in [1.29, 1.82) is 0 Å². The molecule has 22 heavy (non-hydrogen) atoms. The maximum Gasteiger partial charge on any atom is 0.377 e. The molecule has 3 aromatic rings. The maximum atomic E-state index is 11.9. The molecule has 0 aliphatic rings. The summed E-state index contributed by atoms with van der Waals surface area (Å²) < 4.78 is 15.6. The third-order valence-electron chi connectivity index (χ3n) is 2.92. The molecular weight excluding hydrogens is 286 g/mol. The van der Waals surface area contributed by atoms with E-state index < -0.39 is 12.1 Å². The van der Waals surface area contributed by atoms with E-state index in [-0.39, 0.29) is 11.7 Å². The molecule has 7 nitrogen and oxygen atoms in total. The van der Waals surface area contributed by atoms with Crippen molar-refractivity contribution < 1.29 is 18.5 Å². The van der Waals surface area contributed by atoms with Gasteiger partial charge in [0, 0.05) is 11.6 Å². The topological polar surface area (TPSA) is 91.2 Å². The van der Waals surface area contributed by atoms with E-state index in [9.17, 15) is 4.79 Å². The van der Waals surface area contributed by atoms with Gasteiger partial charge >= 0.3 is 5.97 Å². The lowest BCUT2D eigenvalue weighted by Gasteiger charge is -2.06. The third kappa shape index (κ3) is 2.88. The zero-order chi connectivity index (χ0) is 15.5. The number of hydrogen-bond acceptors (Lipinski definition) is 7. The van der Waals surface area contributed by atoms with Crippen LogP contribution in [0.1, 0.15) is 35.2 Å². The maximum absolute atomic E-state index is 11.9. The van der Waals surface area contributed by atoms with E-state index in [1.807, 2.05) is 30.3 Å². The van der Waals surface area contributed by atoms with Crippen molar-refractivity contribution in [3.63, 3.8) is 0 Å². The summed E-state index contributed by atoms with van der Waals surface area (Å²) in [4.78, 5) is 11.9. The fraction of sp³-hybridized carbons (Fsp3) is 0.200. The van der Waals surface area contributed by atoms with E-state index in [0.717, 1.165) is 5.56 Å². The van der Waals surface area contributed by atoms with Gasteiger partial charge in [-0.05, 0) is 26.0 Å². The van der Waals surface area contributed by atoms with Crippen LogP contribution in [-0.4, -0.2) is 21.3 Å². The summed E-state index contributed by atoms with van der Waals surface area (Å²) in [5, 5.41) is 11.5. The van der Waals surface area contributed by atoms with Crippen LogP contribution in [0.3, 0.4) is 0 Å². The van der Waals surface area contributed by atoms with Gasteiger partial charge in [0.1, 0.15) is 0 Å². The van der Waals surface area contributed by atoms with Crippen LogP contribution in [0.2, 0.25) is 0 Å². The van der Waals surface area contributed by atoms with Crippen LogP contribution in [0.15, 0.2) is 45.3 Å². The molecule has 0 unspecified atom stereocenters. The molecule has 112 valence electrons. The summed E-state index contributed by atoms with van der Waals surface area (Å²) in [6.45, 7) is 3.36. The van der Waals surface area contributed by atoms with Crippen molar-refractivity contribution >= 4 is 5.97 Å². The Morgan fingerprint density at radius 1 is 1.23 bits per heavy atom. The summed E-state index contributed by atoms with van der Waals surface area (Å²) in [5.74, 6) is -0.0165. The molecule has 0 saturated heterocycles. The van der Waals surface area contributed by atoms with Crippen LogP contribution in [0.25, 0.3) is 11.5 Å². The number of carbonyl (C=O) groups excluding carboxylic acids is 1. The second-order valence-corrected chi connectivity index (χ2v) is 4.69. The number of esters is 1. The van der Waals surface area contributed by atoms with Gasteiger partial charge in [0.25, 0.3) is 5.89 Å². The number of nitrogens with zero attached hydrogens (tertiary/aromatic N) is 3. The number of carbonyl (C=O) groups is 1. The first kappa shape index (κ1) is 14.0. The number of aryl methyl sites for hydroxylation is 1. The van der Waals surface area contributed by atoms with E-state index in [1.165, 1.54) is 6.07 Å². The number of ether oxygens (including phenoxy) is 1. The van der Waals surface area contributed by atoms with Crippen molar-refractivity contribution in [3.05, 3.63) is 53.7 Å². The number of benzene rings is 1. The lowest BCUT2D eigenvalue weighted by atomic mass is 10.2. The van der Waals surface area contributed by atoms with Crippen LogP contribution in [0.5, 0.6) is 0 Å². The summed E-state index contributed by atoms with van der Waals surface area (Å²) >= 11 is 0. The molecule has 0 fully saturated rings. The highest BCUT2D eigenvalue weighted by Crippen LogP contribution is 2.22. The molecular formula is C15H13N3O4. The van der Waals surface area contributed by atoms with Gasteiger partial charge in [0.05, 0.1) is 5.69 Å². The minimum absolute atomic E-state index is 0.0344. The quantitative estimate of drug-likeness (QED) is 0.684. The third-order valence-corrected chi connectivity index (χ3v) is 2.92. The molecule has 0 radical (unpaired) electrons. The summed E-state index contributed by atoms with van der Waals surface area (Å²) in [5.41, 5.74) is 1.40. The molecule has 1 aromatic carbocycles. The molecule has 0 aliphatic heterocycles. The van der Waals surface area contributed by atoms with Gasteiger partial charge < -0.3 is 13.7 Å². The summed E-state index contributed by atoms with van der Waals surface area (Å²) in [6.07, 6.45) is -0.692. The Morgan fingerprint density at radius 3 is 2.68 bits per heavy atom. The van der Waals surface area contributed by atoms with Gasteiger partial charge in [-0.2, -0.15) is 0 Å². The van der Waals surface area contributed by atoms with Crippen LogP contribution < -0.4 is 0 Å². The standard InChI is InChI=1S/C15H13N3O4/c1-9-8-12(22-18-9)15(19)20-10(2)13-16-17-14(21-13)11-6-4-3-5-7-11/h3-8,10H,1-2H3/t10-/m1/s1. The van der Waals surface area contributed by atoms with Crippen LogP contribution >= 0.6 is 0 Å². The smallest absolute Gasteiger partial charge is 0.377 e. The van der Waals surface area contributed by atoms with Crippen molar-refractivity contribution in [2.75, 3.05) is 0 Å². The van der Waals surface area contributed by atoms with Crippen LogP contribution in [0, 0.1) is 6.92 Å². The minimum atomic E-state index is -0.692. The molecule has 0 spiro atoms. The fourth-order valence-electron chi connectivity index (χ4n) is 1.83. The highest BCUT2D eigenvalue weighted by molar-refractivity contribution is 5.86. The molecule has 0 amide bonds. The van der Waals surface area contributed by atoms with E-state index in [0.29, 0.717) is 11.6 Å². The molecule has 2 aromatic heterocycles. The van der Waals surface area contributed by atoms with Crippen molar-refractivity contribution in [3.8, 4) is 11.5 Å². The highest BCUT2D eigenvalue weighted by Gasteiger charge is 2.22. The first-order valence-corrected chi connectivity index (χ1v) is 6.66. The van der Waals surface area contributed by atoms with E-state index in [4.69, 9.17) is 13.7 Å². The molecule has 0 saturated carbocycles. The van der Waals surface area contributed by atoms with Crippen LogP contribution in [0.4, 0.5) is 0 Å². The zero-order valence-corrected chi connectivity index (χ0v) is 12.0. The Hall–Kier alpha value is -2.96. The van der Waals surface area contributed by atoms with Gasteiger partial charge in [0.15, 0.2) is 6.10 Å². The van der Waals surface area contributed by atoms with Crippen molar-refractivity contribution in [2.24, 2.45) is 0 Å². The monoisotopic (exact) mass is 299 g/mol. The Morgan fingerprint density at radius 2 is 2.00 bits per heavy atom. The van der Waals surface area contributed by atoms with Crippen molar-refractivity contribution in [1.82, 2.24) is 15.4 Å². The van der Waals surface area contributed by atoms with Gasteiger partial charge in [-0.25, -0.2) is 4.79 Å². The van der Waals surface area contributed by atoms with Crippen LogP contribution in [-0.2, 0) is 4.74 Å². The Bertz CT molecular complexity index is 779. The van der Waals surface area contributed by atoms with E-state index in [1.54, 1.807) is 13.8 Å². The van der Waals surface area contributed by atoms with Crippen molar-refractivity contribution in [2.45, 2.75) is 20.0 Å². The van der Waals surface area contributed by atoms with E-state index >= 15 is 0 Å². The van der Waals surface area contributed by atoms with Gasteiger partial charge in [0.2, 0.25) is 11.7 Å². The zero-order valence-electron chi connectivity index (χ0n) is 12.0. The second kappa shape index (κ2) is 5.80. The molecule has 2 heterocycles. The molecule has 1 atom stereocenters. The summed E-state index contributed by atoms with van der Waals surface area (Å²) in [6, 6.07) is 10.8. The second-order valence-electron chi connectivity index (χ2n) is 4.69. The molecule has 0 bridgehead atoms. The van der Waals surface area contributed by atoms with Gasteiger partial charge in [-0.1, -0.05) is 23.4 Å². The Balaban J connectivity index is 1.72. The molecule has 0 aliphatic carbocycles. The van der Waals surface area contributed by atoms with E-state index in [2.05, 4.69) is 15.4 Å². The molecule has 3 rings (SSSR count). The predicted octanol–water partition coefficient (Wildman–Crippen LogP) is 2.95. The highest BCUT2D eigenvalue weighted by atomic mass is 16.6. The number of aromatic nitrogens is 3. The Kier molecular flexibility index (Phi) is 3.69. The SMILES string of the molecule is Cc1cc(C(=O)O[C@H](C)c2nnc(-c3ccccc3)o2)on1.